The minimum Gasteiger partial charge on any atom is -0.481 e. The molecular weight excluding hydrogens is 260 g/mol. The predicted octanol–water partition coefficient (Wildman–Crippen LogP) is -2.12. The molecule has 0 heterocycles. The first-order valence-corrected chi connectivity index (χ1v) is 5.57. The average molecular weight is 278 g/mol. The summed E-state index contributed by atoms with van der Waals surface area (Å²) in [6.45, 7) is -0.959. The highest BCUT2D eigenvalue weighted by atomic mass is 16.4. The van der Waals surface area contributed by atoms with Crippen molar-refractivity contribution in [3.05, 3.63) is 0 Å². The molecule has 0 radical (unpaired) electrons. The van der Waals surface area contributed by atoms with E-state index in [0.717, 1.165) is 0 Å². The second-order valence-electron chi connectivity index (χ2n) is 3.92. The summed E-state index contributed by atoms with van der Waals surface area (Å²) in [6.07, 6.45) is -0.338. The number of aliphatic hydroxyl groups excluding tert-OH is 1. The number of aliphatic hydroxyl groups is 1. The van der Waals surface area contributed by atoms with Crippen LogP contribution in [-0.4, -0.2) is 82.1 Å². The van der Waals surface area contributed by atoms with Crippen LogP contribution in [0.2, 0.25) is 0 Å². The van der Waals surface area contributed by atoms with Crippen LogP contribution >= 0.6 is 0 Å². The van der Waals surface area contributed by atoms with Crippen molar-refractivity contribution in [3.63, 3.8) is 0 Å². The second kappa shape index (κ2) is 9.25. The number of hydrogen-bond acceptors (Lipinski definition) is 6. The van der Waals surface area contributed by atoms with E-state index in [4.69, 9.17) is 20.4 Å². The average Bonchev–Trinajstić information content (AvgIpc) is 2.24. The van der Waals surface area contributed by atoms with E-state index in [2.05, 4.69) is 5.32 Å². The first-order valence-electron chi connectivity index (χ1n) is 5.57. The summed E-state index contributed by atoms with van der Waals surface area (Å²) < 4.78 is 0. The minimum absolute atomic E-state index is 0.0203. The van der Waals surface area contributed by atoms with Gasteiger partial charge in [0, 0.05) is 19.1 Å². The van der Waals surface area contributed by atoms with Gasteiger partial charge in [-0.05, 0) is 0 Å². The van der Waals surface area contributed by atoms with E-state index in [1.54, 1.807) is 0 Å². The third kappa shape index (κ3) is 9.94. The van der Waals surface area contributed by atoms with Crippen LogP contribution in [0.5, 0.6) is 0 Å². The van der Waals surface area contributed by atoms with Gasteiger partial charge in [0.15, 0.2) is 0 Å². The number of rotatable bonds is 11. The molecule has 0 aromatic heterocycles. The van der Waals surface area contributed by atoms with Crippen molar-refractivity contribution in [2.75, 3.05) is 32.8 Å². The molecule has 0 amide bonds. The number of carboxylic acid groups (broad SMARTS) is 3. The Morgan fingerprint density at radius 2 is 1.68 bits per heavy atom. The number of carbonyl (C=O) groups is 3. The van der Waals surface area contributed by atoms with Gasteiger partial charge >= 0.3 is 17.9 Å². The van der Waals surface area contributed by atoms with Crippen LogP contribution in [0.1, 0.15) is 6.42 Å². The van der Waals surface area contributed by atoms with Gasteiger partial charge in [-0.15, -0.1) is 0 Å². The summed E-state index contributed by atoms with van der Waals surface area (Å²) >= 11 is 0. The highest BCUT2D eigenvalue weighted by molar-refractivity contribution is 5.70. The van der Waals surface area contributed by atoms with Gasteiger partial charge in [0.25, 0.3) is 0 Å². The fourth-order valence-electron chi connectivity index (χ4n) is 1.52. The Morgan fingerprint density at radius 1 is 1.05 bits per heavy atom. The van der Waals surface area contributed by atoms with Gasteiger partial charge in [0.2, 0.25) is 0 Å². The normalized spacial score (nSPS) is 12.3. The van der Waals surface area contributed by atoms with E-state index in [-0.39, 0.29) is 32.7 Å². The van der Waals surface area contributed by atoms with Crippen LogP contribution < -0.4 is 5.32 Å². The summed E-state index contributed by atoms with van der Waals surface area (Å²) in [5, 5.41) is 37.2. The van der Waals surface area contributed by atoms with Crippen molar-refractivity contribution < 1.29 is 34.8 Å². The lowest BCUT2D eigenvalue weighted by atomic mass is 10.2. The molecule has 0 aliphatic carbocycles. The molecule has 0 aliphatic heterocycles. The number of aliphatic carboxylic acids is 3. The molecule has 1 atom stereocenters. The van der Waals surface area contributed by atoms with Crippen LogP contribution in [0.25, 0.3) is 0 Å². The lowest BCUT2D eigenvalue weighted by Crippen LogP contribution is -2.46. The third-order valence-corrected chi connectivity index (χ3v) is 2.22. The standard InChI is InChI=1S/C10H18N2O7/c13-2-1-12(6-10(18)19)5-7(3-8(14)15)11-4-9(16)17/h7,11,13H,1-6H2,(H,14,15)(H,16,17)(H,18,19). The number of nitrogens with one attached hydrogen (secondary N) is 1. The van der Waals surface area contributed by atoms with E-state index in [1.165, 1.54) is 4.90 Å². The quantitative estimate of drug-likeness (QED) is 0.286. The number of nitrogens with zero attached hydrogens (tertiary/aromatic N) is 1. The van der Waals surface area contributed by atoms with Crippen molar-refractivity contribution in [1.82, 2.24) is 10.2 Å². The molecule has 0 aromatic carbocycles. The van der Waals surface area contributed by atoms with Crippen molar-refractivity contribution in [3.8, 4) is 0 Å². The molecular formula is C10H18N2O7. The molecule has 19 heavy (non-hydrogen) atoms. The van der Waals surface area contributed by atoms with E-state index >= 15 is 0 Å². The summed E-state index contributed by atoms with van der Waals surface area (Å²) in [6, 6.07) is -0.709. The van der Waals surface area contributed by atoms with Crippen molar-refractivity contribution in [1.29, 1.82) is 0 Å². The molecule has 1 unspecified atom stereocenters. The Morgan fingerprint density at radius 3 is 2.11 bits per heavy atom. The molecule has 5 N–H and O–H groups in total. The van der Waals surface area contributed by atoms with Crippen molar-refractivity contribution in [2.45, 2.75) is 12.5 Å². The zero-order valence-electron chi connectivity index (χ0n) is 10.3. The molecule has 0 fully saturated rings. The zero-order chi connectivity index (χ0) is 14.8. The Balaban J connectivity index is 4.48. The van der Waals surface area contributed by atoms with Crippen LogP contribution in [0, 0.1) is 0 Å². The maximum absolute atomic E-state index is 10.6. The van der Waals surface area contributed by atoms with Gasteiger partial charge in [-0.25, -0.2) is 0 Å². The van der Waals surface area contributed by atoms with Gasteiger partial charge < -0.3 is 25.7 Å². The van der Waals surface area contributed by atoms with Crippen LogP contribution in [-0.2, 0) is 14.4 Å². The predicted molar refractivity (Wildman–Crippen MR) is 62.8 cm³/mol. The van der Waals surface area contributed by atoms with Gasteiger partial charge in [-0.2, -0.15) is 0 Å². The largest absolute Gasteiger partial charge is 0.481 e. The van der Waals surface area contributed by atoms with Gasteiger partial charge in [-0.1, -0.05) is 0 Å². The van der Waals surface area contributed by atoms with E-state index in [0.29, 0.717) is 0 Å². The second-order valence-corrected chi connectivity index (χ2v) is 3.92. The van der Waals surface area contributed by atoms with Crippen LogP contribution in [0.4, 0.5) is 0 Å². The molecule has 0 bridgehead atoms. The summed E-state index contributed by atoms with van der Waals surface area (Å²) in [7, 11) is 0. The van der Waals surface area contributed by atoms with Crippen LogP contribution in [0.15, 0.2) is 0 Å². The van der Waals surface area contributed by atoms with Crippen LogP contribution in [0.3, 0.4) is 0 Å². The first-order chi connectivity index (χ1) is 8.85. The van der Waals surface area contributed by atoms with E-state index in [1.807, 2.05) is 0 Å². The molecule has 0 saturated heterocycles. The fourth-order valence-corrected chi connectivity index (χ4v) is 1.52. The summed E-state index contributed by atoms with van der Waals surface area (Å²) in [5.41, 5.74) is 0. The van der Waals surface area contributed by atoms with Gasteiger partial charge in [0.1, 0.15) is 0 Å². The molecule has 110 valence electrons. The van der Waals surface area contributed by atoms with E-state index in [9.17, 15) is 14.4 Å². The molecule has 9 nitrogen and oxygen atoms in total. The summed E-state index contributed by atoms with van der Waals surface area (Å²) in [4.78, 5) is 33.0. The number of hydrogen-bond donors (Lipinski definition) is 5. The van der Waals surface area contributed by atoms with Crippen molar-refractivity contribution >= 4 is 17.9 Å². The smallest absolute Gasteiger partial charge is 0.317 e. The highest BCUT2D eigenvalue weighted by Crippen LogP contribution is 1.98. The van der Waals surface area contributed by atoms with Crippen molar-refractivity contribution in [2.24, 2.45) is 0 Å². The number of carboxylic acids is 3. The van der Waals surface area contributed by atoms with Gasteiger partial charge in [0.05, 0.1) is 26.1 Å². The molecule has 9 heteroatoms. The molecule has 0 saturated carbocycles. The fraction of sp³-hybridized carbons (Fsp3) is 0.700. The summed E-state index contributed by atoms with van der Waals surface area (Å²) in [5.74, 6) is -3.37. The Labute approximate surface area is 109 Å². The molecule has 0 spiro atoms. The third-order valence-electron chi connectivity index (χ3n) is 2.22. The topological polar surface area (TPSA) is 147 Å². The molecule has 0 aliphatic rings. The van der Waals surface area contributed by atoms with E-state index < -0.39 is 30.5 Å². The molecule has 0 rings (SSSR count). The Bertz CT molecular complexity index is 321. The minimum atomic E-state index is -1.14. The Kier molecular flexibility index (Phi) is 8.42. The maximum atomic E-state index is 10.6. The zero-order valence-corrected chi connectivity index (χ0v) is 10.3. The maximum Gasteiger partial charge on any atom is 0.317 e. The monoisotopic (exact) mass is 278 g/mol. The Hall–Kier alpha value is -1.71. The highest BCUT2D eigenvalue weighted by Gasteiger charge is 2.19. The first kappa shape index (κ1) is 17.3. The SMILES string of the molecule is O=C(O)CNC(CC(=O)O)CN(CCO)CC(=O)O. The molecule has 0 aromatic rings. The lowest BCUT2D eigenvalue weighted by Gasteiger charge is -2.25. The van der Waals surface area contributed by atoms with Gasteiger partial charge in [-0.3, -0.25) is 19.3 Å². The lowest BCUT2D eigenvalue weighted by molar-refractivity contribution is -0.140.